The summed E-state index contributed by atoms with van der Waals surface area (Å²) in [5.74, 6) is 1.90. The van der Waals surface area contributed by atoms with Crippen molar-refractivity contribution in [3.63, 3.8) is 0 Å². The molecule has 6 heteroatoms. The Balaban J connectivity index is 1.66. The number of benzene rings is 1. The van der Waals surface area contributed by atoms with Crippen molar-refractivity contribution in [2.75, 3.05) is 13.2 Å². The Morgan fingerprint density at radius 2 is 2.29 bits per heavy atom. The number of aliphatic hydroxyl groups is 1. The molecule has 1 aliphatic heterocycles. The SMILES string of the molecule is CCc1nccn1CCC(=O)N1CCOc2ccc(CO)cc2C1. The Morgan fingerprint density at radius 3 is 3.08 bits per heavy atom. The van der Waals surface area contributed by atoms with Crippen LogP contribution in [0.4, 0.5) is 0 Å². The molecule has 6 nitrogen and oxygen atoms in total. The van der Waals surface area contributed by atoms with E-state index in [2.05, 4.69) is 11.9 Å². The fourth-order valence-electron chi connectivity index (χ4n) is 2.99. The molecule has 0 unspecified atom stereocenters. The summed E-state index contributed by atoms with van der Waals surface area (Å²) in [4.78, 5) is 18.7. The van der Waals surface area contributed by atoms with Crippen LogP contribution in [-0.4, -0.2) is 38.6 Å². The van der Waals surface area contributed by atoms with E-state index in [-0.39, 0.29) is 12.5 Å². The van der Waals surface area contributed by atoms with Crippen LogP contribution in [0.1, 0.15) is 30.3 Å². The van der Waals surface area contributed by atoms with Gasteiger partial charge in [-0.2, -0.15) is 0 Å². The molecule has 2 heterocycles. The summed E-state index contributed by atoms with van der Waals surface area (Å²) < 4.78 is 7.76. The quantitative estimate of drug-likeness (QED) is 0.907. The zero-order chi connectivity index (χ0) is 16.9. The third-order valence-corrected chi connectivity index (χ3v) is 4.32. The second-order valence-electron chi connectivity index (χ2n) is 5.90. The van der Waals surface area contributed by atoms with Gasteiger partial charge < -0.3 is 19.3 Å². The molecule has 0 saturated carbocycles. The van der Waals surface area contributed by atoms with Crippen molar-refractivity contribution in [3.8, 4) is 5.75 Å². The molecule has 0 saturated heterocycles. The summed E-state index contributed by atoms with van der Waals surface area (Å²) in [5.41, 5.74) is 1.78. The zero-order valence-corrected chi connectivity index (χ0v) is 13.9. The van der Waals surface area contributed by atoms with Crippen molar-refractivity contribution in [1.82, 2.24) is 14.5 Å². The number of carbonyl (C=O) groups is 1. The van der Waals surface area contributed by atoms with Crippen LogP contribution < -0.4 is 4.74 Å². The molecule has 0 spiro atoms. The number of nitrogens with zero attached hydrogens (tertiary/aromatic N) is 3. The number of rotatable bonds is 5. The number of aliphatic hydroxyl groups excluding tert-OH is 1. The molecule has 1 aliphatic rings. The molecule has 0 radical (unpaired) electrons. The third-order valence-electron chi connectivity index (χ3n) is 4.32. The van der Waals surface area contributed by atoms with Crippen LogP contribution in [0.25, 0.3) is 0 Å². The Kier molecular flexibility index (Phi) is 5.15. The first kappa shape index (κ1) is 16.5. The van der Waals surface area contributed by atoms with Crippen molar-refractivity contribution in [2.45, 2.75) is 39.5 Å². The molecule has 2 aromatic rings. The highest BCUT2D eigenvalue weighted by atomic mass is 16.5. The molecule has 0 atom stereocenters. The van der Waals surface area contributed by atoms with Crippen molar-refractivity contribution < 1.29 is 14.6 Å². The number of aromatic nitrogens is 2. The lowest BCUT2D eigenvalue weighted by Crippen LogP contribution is -2.33. The van der Waals surface area contributed by atoms with Crippen LogP contribution in [0.5, 0.6) is 5.75 Å². The maximum absolute atomic E-state index is 12.6. The van der Waals surface area contributed by atoms with Crippen LogP contribution in [0, 0.1) is 0 Å². The fourth-order valence-corrected chi connectivity index (χ4v) is 2.99. The minimum Gasteiger partial charge on any atom is -0.491 e. The van der Waals surface area contributed by atoms with Gasteiger partial charge in [-0.25, -0.2) is 4.98 Å². The van der Waals surface area contributed by atoms with Gasteiger partial charge in [0.25, 0.3) is 0 Å². The molecule has 0 bridgehead atoms. The van der Waals surface area contributed by atoms with Crippen molar-refractivity contribution in [1.29, 1.82) is 0 Å². The molecule has 1 aromatic heterocycles. The maximum Gasteiger partial charge on any atom is 0.224 e. The minimum absolute atomic E-state index is 0.0123. The van der Waals surface area contributed by atoms with Gasteiger partial charge in [0.05, 0.1) is 13.2 Å². The average Bonchev–Trinajstić information content (AvgIpc) is 2.96. The number of hydrogen-bond donors (Lipinski definition) is 1. The van der Waals surface area contributed by atoms with E-state index >= 15 is 0 Å². The van der Waals surface area contributed by atoms with Crippen molar-refractivity contribution >= 4 is 5.91 Å². The van der Waals surface area contributed by atoms with Gasteiger partial charge in [0.15, 0.2) is 0 Å². The standard InChI is InChI=1S/C18H23N3O3/c1-2-17-19-6-8-20(17)7-5-18(23)21-9-10-24-16-4-3-14(13-22)11-15(16)12-21/h3-4,6,8,11,22H,2,5,7,9-10,12-13H2,1H3. The smallest absolute Gasteiger partial charge is 0.224 e. The molecular weight excluding hydrogens is 306 g/mol. The second-order valence-corrected chi connectivity index (χ2v) is 5.90. The predicted molar refractivity (Wildman–Crippen MR) is 89.5 cm³/mol. The van der Waals surface area contributed by atoms with E-state index in [1.54, 1.807) is 6.20 Å². The largest absolute Gasteiger partial charge is 0.491 e. The first-order valence-electron chi connectivity index (χ1n) is 8.34. The zero-order valence-electron chi connectivity index (χ0n) is 13.9. The number of carbonyl (C=O) groups excluding carboxylic acids is 1. The summed E-state index contributed by atoms with van der Waals surface area (Å²) >= 11 is 0. The van der Waals surface area contributed by atoms with E-state index in [9.17, 15) is 9.90 Å². The molecular formula is C18H23N3O3. The number of fused-ring (bicyclic) bond motifs is 1. The molecule has 1 amide bonds. The van der Waals surface area contributed by atoms with E-state index in [1.165, 1.54) is 0 Å². The van der Waals surface area contributed by atoms with E-state index in [4.69, 9.17) is 4.74 Å². The summed E-state index contributed by atoms with van der Waals surface area (Å²) in [7, 11) is 0. The van der Waals surface area contributed by atoms with Gasteiger partial charge in [0.2, 0.25) is 5.91 Å². The molecule has 1 aromatic carbocycles. The summed E-state index contributed by atoms with van der Waals surface area (Å²) in [6.07, 6.45) is 4.99. The molecule has 0 aliphatic carbocycles. The first-order chi connectivity index (χ1) is 11.7. The number of ether oxygens (including phenoxy) is 1. The Hall–Kier alpha value is -2.34. The van der Waals surface area contributed by atoms with Crippen molar-refractivity contribution in [2.24, 2.45) is 0 Å². The first-order valence-corrected chi connectivity index (χ1v) is 8.34. The van der Waals surface area contributed by atoms with Crippen LogP contribution >= 0.6 is 0 Å². The predicted octanol–water partition coefficient (Wildman–Crippen LogP) is 1.75. The van der Waals surface area contributed by atoms with E-state index in [0.717, 1.165) is 29.1 Å². The van der Waals surface area contributed by atoms with Gasteiger partial charge in [0.1, 0.15) is 18.2 Å². The lowest BCUT2D eigenvalue weighted by molar-refractivity contribution is -0.132. The van der Waals surface area contributed by atoms with Gasteiger partial charge >= 0.3 is 0 Å². The summed E-state index contributed by atoms with van der Waals surface area (Å²) in [5, 5.41) is 9.29. The van der Waals surface area contributed by atoms with Crippen LogP contribution in [-0.2, 0) is 30.9 Å². The van der Waals surface area contributed by atoms with Crippen LogP contribution in [0.3, 0.4) is 0 Å². The topological polar surface area (TPSA) is 67.6 Å². The second kappa shape index (κ2) is 7.49. The van der Waals surface area contributed by atoms with Gasteiger partial charge in [-0.05, 0) is 17.7 Å². The lowest BCUT2D eigenvalue weighted by Gasteiger charge is -2.20. The molecule has 3 rings (SSSR count). The summed E-state index contributed by atoms with van der Waals surface area (Å²) in [6.45, 7) is 4.27. The van der Waals surface area contributed by atoms with Gasteiger partial charge in [-0.15, -0.1) is 0 Å². The Bertz CT molecular complexity index is 711. The van der Waals surface area contributed by atoms with Crippen LogP contribution in [0.15, 0.2) is 30.6 Å². The molecule has 1 N–H and O–H groups in total. The highest BCUT2D eigenvalue weighted by Gasteiger charge is 2.20. The maximum atomic E-state index is 12.6. The molecule has 24 heavy (non-hydrogen) atoms. The van der Waals surface area contributed by atoms with Gasteiger partial charge in [-0.3, -0.25) is 4.79 Å². The Morgan fingerprint density at radius 1 is 1.42 bits per heavy atom. The van der Waals surface area contributed by atoms with Gasteiger partial charge in [0, 0.05) is 43.9 Å². The Labute approximate surface area is 141 Å². The normalized spacial score (nSPS) is 14.0. The molecule has 128 valence electrons. The van der Waals surface area contributed by atoms with Crippen molar-refractivity contribution in [3.05, 3.63) is 47.5 Å². The highest BCUT2D eigenvalue weighted by Crippen LogP contribution is 2.24. The number of amides is 1. The van der Waals surface area contributed by atoms with Gasteiger partial charge in [-0.1, -0.05) is 13.0 Å². The molecule has 0 fully saturated rings. The monoisotopic (exact) mass is 329 g/mol. The number of aryl methyl sites for hydroxylation is 2. The fraction of sp³-hybridized carbons (Fsp3) is 0.444. The van der Waals surface area contributed by atoms with Crippen LogP contribution in [0.2, 0.25) is 0 Å². The van der Waals surface area contributed by atoms with E-state index in [0.29, 0.717) is 32.7 Å². The minimum atomic E-state index is -0.0123. The number of imidazole rings is 1. The summed E-state index contributed by atoms with van der Waals surface area (Å²) in [6, 6.07) is 5.63. The van der Waals surface area contributed by atoms with E-state index in [1.807, 2.05) is 33.9 Å². The number of hydrogen-bond acceptors (Lipinski definition) is 4. The highest BCUT2D eigenvalue weighted by molar-refractivity contribution is 5.76. The third kappa shape index (κ3) is 3.59. The lowest BCUT2D eigenvalue weighted by atomic mass is 10.1. The van der Waals surface area contributed by atoms with E-state index < -0.39 is 0 Å². The average molecular weight is 329 g/mol.